The number of carbonyl (C=O) groups is 2. The third-order valence-corrected chi connectivity index (χ3v) is 4.39. The largest absolute Gasteiger partial charge is 0.459 e. The number of benzene rings is 1. The number of nitrogens with zero attached hydrogens (tertiary/aromatic N) is 1. The molecule has 158 valence electrons. The van der Waals surface area contributed by atoms with E-state index in [1.54, 1.807) is 13.8 Å². The normalized spacial score (nSPS) is 11.4. The molecule has 0 bridgehead atoms. The van der Waals surface area contributed by atoms with E-state index in [1.165, 1.54) is 24.5 Å². The zero-order valence-corrected chi connectivity index (χ0v) is 16.1. The predicted octanol–water partition coefficient (Wildman–Crippen LogP) is 4.73. The van der Waals surface area contributed by atoms with Crippen molar-refractivity contribution in [1.82, 2.24) is 5.16 Å². The lowest BCUT2D eigenvalue weighted by Crippen LogP contribution is -2.18. The van der Waals surface area contributed by atoms with E-state index in [2.05, 4.69) is 15.8 Å². The molecule has 0 aliphatic carbocycles. The van der Waals surface area contributed by atoms with Crippen molar-refractivity contribution in [2.24, 2.45) is 0 Å². The summed E-state index contributed by atoms with van der Waals surface area (Å²) >= 11 is 0. The van der Waals surface area contributed by atoms with Crippen LogP contribution in [0, 0.1) is 13.8 Å². The summed E-state index contributed by atoms with van der Waals surface area (Å²) in [6.07, 6.45) is -3.23. The van der Waals surface area contributed by atoms with Crippen molar-refractivity contribution in [3.05, 3.63) is 64.9 Å². The van der Waals surface area contributed by atoms with Crippen LogP contribution in [0.15, 0.2) is 45.5 Å². The number of alkyl halides is 3. The molecule has 2 N–H and O–H groups in total. The molecule has 0 saturated carbocycles. The Balaban J connectivity index is 1.73. The first-order chi connectivity index (χ1) is 14.1. The first-order valence-electron chi connectivity index (χ1n) is 8.93. The highest BCUT2D eigenvalue weighted by Gasteiger charge is 2.34. The number of rotatable bonds is 6. The average Bonchev–Trinajstić information content (AvgIpc) is 3.31. The minimum atomic E-state index is -4.74. The third-order valence-electron chi connectivity index (χ3n) is 4.39. The molecule has 2 heterocycles. The number of aromatic nitrogens is 1. The van der Waals surface area contributed by atoms with Crippen molar-refractivity contribution in [2.45, 2.75) is 32.9 Å². The Labute approximate surface area is 169 Å². The zero-order valence-electron chi connectivity index (χ0n) is 16.1. The van der Waals surface area contributed by atoms with Gasteiger partial charge < -0.3 is 19.6 Å². The maximum absolute atomic E-state index is 13.5. The van der Waals surface area contributed by atoms with Gasteiger partial charge in [-0.1, -0.05) is 5.16 Å². The van der Waals surface area contributed by atoms with E-state index in [0.717, 1.165) is 17.7 Å². The second-order valence-electron chi connectivity index (χ2n) is 6.54. The summed E-state index contributed by atoms with van der Waals surface area (Å²) in [7, 11) is 0. The second-order valence-corrected chi connectivity index (χ2v) is 6.54. The Hall–Kier alpha value is -3.56. The van der Waals surface area contributed by atoms with E-state index in [0.29, 0.717) is 11.5 Å². The SMILES string of the molecule is Cc1noc(C)c1CCC(=O)Nc1ccc(NC(=O)c2ccco2)cc1C(F)(F)F. The van der Waals surface area contributed by atoms with Gasteiger partial charge in [-0.25, -0.2) is 0 Å². The van der Waals surface area contributed by atoms with Crippen LogP contribution in [0.1, 0.15) is 39.6 Å². The number of carbonyl (C=O) groups excluding carboxylic acids is 2. The van der Waals surface area contributed by atoms with E-state index in [4.69, 9.17) is 8.94 Å². The van der Waals surface area contributed by atoms with E-state index in [9.17, 15) is 22.8 Å². The zero-order chi connectivity index (χ0) is 21.9. The summed E-state index contributed by atoms with van der Waals surface area (Å²) in [5.41, 5.74) is -0.185. The van der Waals surface area contributed by atoms with E-state index in [-0.39, 0.29) is 24.3 Å². The molecule has 1 aromatic carbocycles. The summed E-state index contributed by atoms with van der Waals surface area (Å²) in [5.74, 6) is -0.759. The number of aryl methyl sites for hydroxylation is 2. The van der Waals surface area contributed by atoms with Gasteiger partial charge in [0.25, 0.3) is 5.91 Å². The molecule has 0 unspecified atom stereocenters. The van der Waals surface area contributed by atoms with Crippen molar-refractivity contribution >= 4 is 23.2 Å². The molecule has 7 nitrogen and oxygen atoms in total. The smallest absolute Gasteiger partial charge is 0.418 e. The van der Waals surface area contributed by atoms with Crippen molar-refractivity contribution in [1.29, 1.82) is 0 Å². The Morgan fingerprint density at radius 3 is 2.50 bits per heavy atom. The van der Waals surface area contributed by atoms with E-state index >= 15 is 0 Å². The minimum Gasteiger partial charge on any atom is -0.459 e. The van der Waals surface area contributed by atoms with Gasteiger partial charge in [0.05, 0.1) is 23.2 Å². The van der Waals surface area contributed by atoms with Crippen LogP contribution in [0.25, 0.3) is 0 Å². The highest BCUT2D eigenvalue weighted by Crippen LogP contribution is 2.37. The van der Waals surface area contributed by atoms with Crippen molar-refractivity contribution in [2.75, 3.05) is 10.6 Å². The Morgan fingerprint density at radius 2 is 1.90 bits per heavy atom. The lowest BCUT2D eigenvalue weighted by Gasteiger charge is -2.15. The van der Waals surface area contributed by atoms with Crippen molar-refractivity contribution in [3.8, 4) is 0 Å². The third kappa shape index (κ3) is 4.88. The van der Waals surface area contributed by atoms with Gasteiger partial charge in [-0.3, -0.25) is 9.59 Å². The van der Waals surface area contributed by atoms with Crippen LogP contribution in [-0.2, 0) is 17.4 Å². The van der Waals surface area contributed by atoms with Gasteiger partial charge in [0.2, 0.25) is 5.91 Å². The standard InChI is InChI=1S/C20H18F3N3O4/c1-11-14(12(2)30-26-11)6-8-18(27)25-16-7-5-13(10-15(16)20(21,22)23)24-19(28)17-4-3-9-29-17/h3-5,7,9-10H,6,8H2,1-2H3,(H,24,28)(H,25,27). The topological polar surface area (TPSA) is 97.4 Å². The van der Waals surface area contributed by atoms with E-state index in [1.807, 2.05) is 0 Å². The van der Waals surface area contributed by atoms with Gasteiger partial charge in [-0.15, -0.1) is 0 Å². The Kier molecular flexibility index (Phi) is 5.95. The highest BCUT2D eigenvalue weighted by atomic mass is 19.4. The van der Waals surface area contributed by atoms with Crippen LogP contribution in [0.2, 0.25) is 0 Å². The van der Waals surface area contributed by atoms with Gasteiger partial charge in [-0.05, 0) is 50.6 Å². The lowest BCUT2D eigenvalue weighted by molar-refractivity contribution is -0.136. The molecule has 2 amide bonds. The monoisotopic (exact) mass is 421 g/mol. The molecule has 0 spiro atoms. The van der Waals surface area contributed by atoms with Gasteiger partial charge in [-0.2, -0.15) is 13.2 Å². The number of anilines is 2. The molecule has 0 atom stereocenters. The van der Waals surface area contributed by atoms with Crippen LogP contribution in [0.3, 0.4) is 0 Å². The van der Waals surface area contributed by atoms with Crippen LogP contribution < -0.4 is 10.6 Å². The van der Waals surface area contributed by atoms with Gasteiger partial charge in [0, 0.05) is 17.7 Å². The molecule has 0 saturated heterocycles. The molecule has 0 fully saturated rings. The number of amides is 2. The van der Waals surface area contributed by atoms with Gasteiger partial charge in [0.15, 0.2) is 5.76 Å². The first-order valence-corrected chi connectivity index (χ1v) is 8.93. The summed E-state index contributed by atoms with van der Waals surface area (Å²) < 4.78 is 50.4. The fourth-order valence-corrected chi connectivity index (χ4v) is 2.88. The van der Waals surface area contributed by atoms with Crippen LogP contribution in [-0.4, -0.2) is 17.0 Å². The lowest BCUT2D eigenvalue weighted by atomic mass is 10.1. The first kappa shape index (κ1) is 21.2. The number of nitrogens with one attached hydrogen (secondary N) is 2. The fourth-order valence-electron chi connectivity index (χ4n) is 2.88. The predicted molar refractivity (Wildman–Crippen MR) is 101 cm³/mol. The van der Waals surface area contributed by atoms with Crippen LogP contribution >= 0.6 is 0 Å². The van der Waals surface area contributed by atoms with Crippen LogP contribution in [0.4, 0.5) is 24.5 Å². The maximum Gasteiger partial charge on any atom is 0.418 e. The minimum absolute atomic E-state index is 0.0414. The average molecular weight is 421 g/mol. The molecule has 2 aromatic heterocycles. The number of furan rings is 1. The van der Waals surface area contributed by atoms with Crippen LogP contribution in [0.5, 0.6) is 0 Å². The molecule has 3 aromatic rings. The molecule has 0 aliphatic heterocycles. The fraction of sp³-hybridized carbons (Fsp3) is 0.250. The molecule has 0 aliphatic rings. The molecular formula is C20H18F3N3O4. The Bertz CT molecular complexity index is 1040. The van der Waals surface area contributed by atoms with Crippen molar-refractivity contribution < 1.29 is 31.7 Å². The van der Waals surface area contributed by atoms with Crippen molar-refractivity contribution in [3.63, 3.8) is 0 Å². The number of halogens is 3. The maximum atomic E-state index is 13.5. The summed E-state index contributed by atoms with van der Waals surface area (Å²) in [4.78, 5) is 24.2. The number of hydrogen-bond acceptors (Lipinski definition) is 5. The summed E-state index contributed by atoms with van der Waals surface area (Å²) in [6, 6.07) is 5.98. The highest BCUT2D eigenvalue weighted by molar-refractivity contribution is 6.02. The Morgan fingerprint density at radius 1 is 1.13 bits per heavy atom. The number of hydrogen-bond donors (Lipinski definition) is 2. The quantitative estimate of drug-likeness (QED) is 0.600. The summed E-state index contributed by atoms with van der Waals surface area (Å²) in [6.45, 7) is 3.42. The second kappa shape index (κ2) is 8.44. The summed E-state index contributed by atoms with van der Waals surface area (Å²) in [5, 5.41) is 8.40. The van der Waals surface area contributed by atoms with Gasteiger partial charge in [0.1, 0.15) is 5.76 Å². The van der Waals surface area contributed by atoms with E-state index < -0.39 is 29.2 Å². The van der Waals surface area contributed by atoms with Gasteiger partial charge >= 0.3 is 6.18 Å². The molecule has 10 heteroatoms. The molecular weight excluding hydrogens is 403 g/mol. The molecule has 30 heavy (non-hydrogen) atoms. The molecule has 3 rings (SSSR count). The molecule has 0 radical (unpaired) electrons.